The Labute approximate surface area is 94.2 Å². The first-order valence-electron chi connectivity index (χ1n) is 6.23. The van der Waals surface area contributed by atoms with Crippen LogP contribution in [0.2, 0.25) is 0 Å². The van der Waals surface area contributed by atoms with Gasteiger partial charge in [0.15, 0.2) is 0 Å². The summed E-state index contributed by atoms with van der Waals surface area (Å²) in [5.74, 6) is 0.759. The van der Waals surface area contributed by atoms with Crippen molar-refractivity contribution in [3.8, 4) is 0 Å². The lowest BCUT2D eigenvalue weighted by molar-refractivity contribution is 0.122. The van der Waals surface area contributed by atoms with Crippen LogP contribution in [0.4, 0.5) is 0 Å². The molecule has 1 fully saturated rings. The van der Waals surface area contributed by atoms with Gasteiger partial charge in [-0.05, 0) is 32.4 Å². The zero-order valence-electron chi connectivity index (χ0n) is 10.5. The molecule has 3 heteroatoms. The van der Waals surface area contributed by atoms with E-state index in [1.807, 2.05) is 0 Å². The Morgan fingerprint density at radius 3 is 2.87 bits per heavy atom. The molecule has 3 nitrogen and oxygen atoms in total. The topological polar surface area (TPSA) is 24.5 Å². The summed E-state index contributed by atoms with van der Waals surface area (Å²) in [7, 11) is 2.21. The fourth-order valence-electron chi connectivity index (χ4n) is 2.22. The molecule has 2 atom stereocenters. The first-order chi connectivity index (χ1) is 7.24. The lowest BCUT2D eigenvalue weighted by Gasteiger charge is -2.35. The second kappa shape index (κ2) is 7.20. The summed E-state index contributed by atoms with van der Waals surface area (Å²) in [6.07, 6.45) is 2.38. The third-order valence-corrected chi connectivity index (χ3v) is 3.11. The number of hydrogen-bond acceptors (Lipinski definition) is 3. The summed E-state index contributed by atoms with van der Waals surface area (Å²) < 4.78 is 5.46. The Balaban J connectivity index is 2.05. The summed E-state index contributed by atoms with van der Waals surface area (Å²) in [5, 5.41) is 3.60. The van der Waals surface area contributed by atoms with Gasteiger partial charge in [0.2, 0.25) is 0 Å². The predicted octanol–water partition coefficient (Wildman–Crippen LogP) is 1.34. The second-order valence-corrected chi connectivity index (χ2v) is 4.70. The van der Waals surface area contributed by atoms with Gasteiger partial charge in [0, 0.05) is 25.7 Å². The first-order valence-corrected chi connectivity index (χ1v) is 6.23. The van der Waals surface area contributed by atoms with Crippen LogP contribution in [0.3, 0.4) is 0 Å². The number of nitrogens with zero attached hydrogens (tertiary/aromatic N) is 1. The highest BCUT2D eigenvalue weighted by Gasteiger charge is 2.23. The number of hydrogen-bond donors (Lipinski definition) is 1. The average Bonchev–Trinajstić information content (AvgIpc) is 2.20. The smallest absolute Gasteiger partial charge is 0.0590 e. The number of rotatable bonds is 6. The highest BCUT2D eigenvalue weighted by Crippen LogP contribution is 2.14. The summed E-state index contributed by atoms with van der Waals surface area (Å²) in [6.45, 7) is 9.66. The summed E-state index contributed by atoms with van der Waals surface area (Å²) in [4.78, 5) is 2.41. The van der Waals surface area contributed by atoms with Crippen molar-refractivity contribution in [3.63, 3.8) is 0 Å². The molecular weight excluding hydrogens is 188 g/mol. The summed E-state index contributed by atoms with van der Waals surface area (Å²) in [5.41, 5.74) is 0. The molecule has 1 heterocycles. The molecule has 1 rings (SSSR count). The molecule has 0 aromatic carbocycles. The van der Waals surface area contributed by atoms with Crippen molar-refractivity contribution in [2.75, 3.05) is 39.9 Å². The van der Waals surface area contributed by atoms with Crippen molar-refractivity contribution in [2.45, 2.75) is 32.7 Å². The maximum Gasteiger partial charge on any atom is 0.0590 e. The second-order valence-electron chi connectivity index (χ2n) is 4.70. The van der Waals surface area contributed by atoms with Crippen LogP contribution in [0.5, 0.6) is 0 Å². The van der Waals surface area contributed by atoms with Crippen molar-refractivity contribution in [2.24, 2.45) is 5.92 Å². The number of likely N-dealkylation sites (tertiary alicyclic amines) is 1. The Hall–Kier alpha value is -0.120. The molecule has 2 unspecified atom stereocenters. The lowest BCUT2D eigenvalue weighted by Crippen LogP contribution is -2.47. The zero-order valence-corrected chi connectivity index (χ0v) is 10.5. The van der Waals surface area contributed by atoms with Crippen LogP contribution >= 0.6 is 0 Å². The van der Waals surface area contributed by atoms with Gasteiger partial charge in [-0.25, -0.2) is 0 Å². The normalized spacial score (nSPS) is 28.2. The minimum Gasteiger partial charge on any atom is -0.380 e. The highest BCUT2D eigenvalue weighted by atomic mass is 16.5. The fraction of sp³-hybridized carbons (Fsp3) is 1.00. The predicted molar refractivity (Wildman–Crippen MR) is 64.2 cm³/mol. The molecule has 0 amide bonds. The molecule has 0 radical (unpaired) electrons. The molecule has 15 heavy (non-hydrogen) atoms. The van der Waals surface area contributed by atoms with Gasteiger partial charge >= 0.3 is 0 Å². The standard InChI is InChI=1S/C12H26N2O/c1-4-8-15-9-6-13-12-5-7-14(3)10-11(12)2/h11-13H,4-10H2,1-3H3. The number of ether oxygens (including phenoxy) is 1. The van der Waals surface area contributed by atoms with E-state index in [9.17, 15) is 0 Å². The van der Waals surface area contributed by atoms with Gasteiger partial charge in [-0.15, -0.1) is 0 Å². The Bertz CT molecular complexity index is 164. The van der Waals surface area contributed by atoms with Crippen molar-refractivity contribution in [3.05, 3.63) is 0 Å². The van der Waals surface area contributed by atoms with Crippen molar-refractivity contribution < 1.29 is 4.74 Å². The maximum absolute atomic E-state index is 5.46. The van der Waals surface area contributed by atoms with Gasteiger partial charge in [-0.3, -0.25) is 0 Å². The third-order valence-electron chi connectivity index (χ3n) is 3.11. The molecule has 1 N–H and O–H groups in total. The Morgan fingerprint density at radius 2 is 2.20 bits per heavy atom. The molecular formula is C12H26N2O. The van der Waals surface area contributed by atoms with E-state index in [2.05, 4.69) is 31.1 Å². The van der Waals surface area contributed by atoms with Crippen LogP contribution in [0.1, 0.15) is 26.7 Å². The minimum atomic E-state index is 0.687. The van der Waals surface area contributed by atoms with E-state index in [-0.39, 0.29) is 0 Å². The molecule has 0 aliphatic carbocycles. The van der Waals surface area contributed by atoms with E-state index in [0.717, 1.165) is 32.1 Å². The van der Waals surface area contributed by atoms with Gasteiger partial charge in [0.25, 0.3) is 0 Å². The lowest BCUT2D eigenvalue weighted by atomic mass is 9.94. The third kappa shape index (κ3) is 4.96. The molecule has 0 spiro atoms. The van der Waals surface area contributed by atoms with Gasteiger partial charge in [-0.2, -0.15) is 0 Å². The van der Waals surface area contributed by atoms with Gasteiger partial charge in [-0.1, -0.05) is 13.8 Å². The highest BCUT2D eigenvalue weighted by molar-refractivity contribution is 4.81. The Kier molecular flexibility index (Phi) is 6.22. The fourth-order valence-corrected chi connectivity index (χ4v) is 2.22. The Morgan fingerprint density at radius 1 is 1.40 bits per heavy atom. The van der Waals surface area contributed by atoms with Crippen LogP contribution in [-0.2, 0) is 4.74 Å². The maximum atomic E-state index is 5.46. The van der Waals surface area contributed by atoms with E-state index in [1.165, 1.54) is 19.5 Å². The molecule has 90 valence electrons. The van der Waals surface area contributed by atoms with E-state index in [0.29, 0.717) is 6.04 Å². The van der Waals surface area contributed by atoms with Crippen LogP contribution in [0, 0.1) is 5.92 Å². The summed E-state index contributed by atoms with van der Waals surface area (Å²) >= 11 is 0. The molecule has 0 aromatic rings. The van der Waals surface area contributed by atoms with Crippen LogP contribution in [0.25, 0.3) is 0 Å². The zero-order chi connectivity index (χ0) is 11.1. The first kappa shape index (κ1) is 12.9. The van der Waals surface area contributed by atoms with Crippen molar-refractivity contribution in [1.82, 2.24) is 10.2 Å². The van der Waals surface area contributed by atoms with Gasteiger partial charge < -0.3 is 15.0 Å². The quantitative estimate of drug-likeness (QED) is 0.675. The summed E-state index contributed by atoms with van der Waals surface area (Å²) in [6, 6.07) is 0.687. The molecule has 1 aliphatic rings. The van der Waals surface area contributed by atoms with E-state index in [4.69, 9.17) is 4.74 Å². The van der Waals surface area contributed by atoms with Crippen LogP contribution < -0.4 is 5.32 Å². The largest absolute Gasteiger partial charge is 0.380 e. The molecule has 0 saturated carbocycles. The molecule has 0 aromatic heterocycles. The molecule has 1 saturated heterocycles. The van der Waals surface area contributed by atoms with E-state index < -0.39 is 0 Å². The van der Waals surface area contributed by atoms with Crippen molar-refractivity contribution >= 4 is 0 Å². The minimum absolute atomic E-state index is 0.687. The number of nitrogens with one attached hydrogen (secondary N) is 1. The van der Waals surface area contributed by atoms with Crippen LogP contribution in [-0.4, -0.2) is 50.8 Å². The van der Waals surface area contributed by atoms with Gasteiger partial charge in [0.1, 0.15) is 0 Å². The molecule has 1 aliphatic heterocycles. The SMILES string of the molecule is CCCOCCNC1CCN(C)CC1C. The van der Waals surface area contributed by atoms with E-state index >= 15 is 0 Å². The number of piperidine rings is 1. The monoisotopic (exact) mass is 214 g/mol. The molecule has 0 bridgehead atoms. The van der Waals surface area contributed by atoms with Gasteiger partial charge in [0.05, 0.1) is 6.61 Å². The average molecular weight is 214 g/mol. The van der Waals surface area contributed by atoms with Crippen molar-refractivity contribution in [1.29, 1.82) is 0 Å². The van der Waals surface area contributed by atoms with E-state index in [1.54, 1.807) is 0 Å². The van der Waals surface area contributed by atoms with Crippen LogP contribution in [0.15, 0.2) is 0 Å².